The summed E-state index contributed by atoms with van der Waals surface area (Å²) < 4.78 is 0. The number of hydrogen-bond acceptors (Lipinski definition) is 1. The van der Waals surface area contributed by atoms with Crippen molar-refractivity contribution in [1.82, 2.24) is 0 Å². The first kappa shape index (κ1) is 12.2. The Labute approximate surface area is 64.2 Å². The standard InChI is InChI=1S/C7H14O2.B/c1-3-4-5-6(2)7(8)9;/h6H,3-5H2,1-2H3,(H,8,9);. The number of unbranched alkanes of at least 4 members (excludes halogenated alkanes) is 1. The Hall–Kier alpha value is -0.465. The molecule has 0 aromatic rings. The lowest BCUT2D eigenvalue weighted by Crippen LogP contribution is -2.08. The zero-order chi connectivity index (χ0) is 7.28. The van der Waals surface area contributed by atoms with E-state index in [1.54, 1.807) is 6.92 Å². The van der Waals surface area contributed by atoms with Gasteiger partial charge in [0.05, 0.1) is 5.92 Å². The Morgan fingerprint density at radius 3 is 2.40 bits per heavy atom. The minimum atomic E-state index is -0.677. The topological polar surface area (TPSA) is 37.3 Å². The predicted octanol–water partition coefficient (Wildman–Crippen LogP) is 1.52. The van der Waals surface area contributed by atoms with Crippen molar-refractivity contribution in [1.29, 1.82) is 0 Å². The third-order valence-electron chi connectivity index (χ3n) is 1.41. The van der Waals surface area contributed by atoms with Gasteiger partial charge in [-0.05, 0) is 6.42 Å². The molecule has 0 spiro atoms. The van der Waals surface area contributed by atoms with Gasteiger partial charge in [0.25, 0.3) is 0 Å². The summed E-state index contributed by atoms with van der Waals surface area (Å²) in [7, 11) is 0. The van der Waals surface area contributed by atoms with Crippen LogP contribution in [-0.4, -0.2) is 19.5 Å². The Morgan fingerprint density at radius 2 is 2.10 bits per heavy atom. The molecule has 2 nitrogen and oxygen atoms in total. The summed E-state index contributed by atoms with van der Waals surface area (Å²) in [5, 5.41) is 8.41. The molecule has 57 valence electrons. The van der Waals surface area contributed by atoms with Crippen LogP contribution in [0.2, 0.25) is 0 Å². The maximum atomic E-state index is 10.2. The maximum Gasteiger partial charge on any atom is 0.306 e. The molecule has 0 aliphatic heterocycles. The number of carboxylic acid groups (broad SMARTS) is 1. The minimum Gasteiger partial charge on any atom is -0.481 e. The molecule has 0 amide bonds. The fourth-order valence-corrected chi connectivity index (χ4v) is 0.634. The van der Waals surface area contributed by atoms with Crippen LogP contribution in [0, 0.1) is 5.92 Å². The SMILES string of the molecule is CCCCC(C)C(=O)O.[B]. The van der Waals surface area contributed by atoms with Gasteiger partial charge in [-0.2, -0.15) is 0 Å². The summed E-state index contributed by atoms with van der Waals surface area (Å²) in [4.78, 5) is 10.2. The van der Waals surface area contributed by atoms with Crippen LogP contribution in [0.25, 0.3) is 0 Å². The minimum absolute atomic E-state index is 0. The van der Waals surface area contributed by atoms with Crippen LogP contribution in [0.15, 0.2) is 0 Å². The van der Waals surface area contributed by atoms with Gasteiger partial charge in [-0.3, -0.25) is 4.79 Å². The van der Waals surface area contributed by atoms with Crippen molar-refractivity contribution >= 4 is 14.4 Å². The molecule has 0 saturated carbocycles. The van der Waals surface area contributed by atoms with Gasteiger partial charge in [0.1, 0.15) is 0 Å². The van der Waals surface area contributed by atoms with Gasteiger partial charge in [-0.1, -0.05) is 26.7 Å². The van der Waals surface area contributed by atoms with E-state index in [4.69, 9.17) is 5.11 Å². The number of hydrogen-bond donors (Lipinski definition) is 1. The normalized spacial score (nSPS) is 11.8. The van der Waals surface area contributed by atoms with Crippen molar-refractivity contribution in [2.24, 2.45) is 5.92 Å². The highest BCUT2D eigenvalue weighted by Gasteiger charge is 2.08. The highest BCUT2D eigenvalue weighted by Crippen LogP contribution is 2.06. The second-order valence-corrected chi connectivity index (χ2v) is 2.38. The van der Waals surface area contributed by atoms with E-state index in [2.05, 4.69) is 6.92 Å². The van der Waals surface area contributed by atoms with Gasteiger partial charge in [0.15, 0.2) is 0 Å². The van der Waals surface area contributed by atoms with Crippen LogP contribution in [0.1, 0.15) is 33.1 Å². The molecule has 0 aliphatic rings. The average Bonchev–Trinajstić information content (AvgIpc) is 1.82. The molecule has 1 N–H and O–H groups in total. The quantitative estimate of drug-likeness (QED) is 0.602. The average molecular weight is 141 g/mol. The highest BCUT2D eigenvalue weighted by atomic mass is 16.4. The molecule has 3 radical (unpaired) electrons. The van der Waals surface area contributed by atoms with Crippen LogP contribution in [0.3, 0.4) is 0 Å². The summed E-state index contributed by atoms with van der Waals surface area (Å²) in [6.07, 6.45) is 2.91. The van der Waals surface area contributed by atoms with Gasteiger partial charge >= 0.3 is 5.97 Å². The molecule has 1 unspecified atom stereocenters. The van der Waals surface area contributed by atoms with Crippen LogP contribution in [0.5, 0.6) is 0 Å². The Kier molecular flexibility index (Phi) is 8.14. The first-order valence-corrected chi connectivity index (χ1v) is 3.41. The number of carbonyl (C=O) groups is 1. The van der Waals surface area contributed by atoms with Crippen LogP contribution in [-0.2, 0) is 4.79 Å². The monoisotopic (exact) mass is 141 g/mol. The van der Waals surface area contributed by atoms with Gasteiger partial charge in [-0.15, -0.1) is 0 Å². The first-order valence-electron chi connectivity index (χ1n) is 3.41. The second-order valence-electron chi connectivity index (χ2n) is 2.38. The van der Waals surface area contributed by atoms with E-state index >= 15 is 0 Å². The van der Waals surface area contributed by atoms with Crippen LogP contribution < -0.4 is 0 Å². The van der Waals surface area contributed by atoms with Crippen molar-refractivity contribution < 1.29 is 9.90 Å². The fraction of sp³-hybridized carbons (Fsp3) is 0.857. The van der Waals surface area contributed by atoms with E-state index in [1.165, 1.54) is 0 Å². The van der Waals surface area contributed by atoms with E-state index in [9.17, 15) is 4.79 Å². The predicted molar refractivity (Wildman–Crippen MR) is 42.1 cm³/mol. The Balaban J connectivity index is 0. The maximum absolute atomic E-state index is 10.2. The van der Waals surface area contributed by atoms with Crippen molar-refractivity contribution in [3.63, 3.8) is 0 Å². The van der Waals surface area contributed by atoms with Crippen LogP contribution >= 0.6 is 0 Å². The molecule has 0 aliphatic carbocycles. The molecule has 0 aromatic carbocycles. The number of aliphatic carboxylic acids is 1. The summed E-state index contributed by atoms with van der Waals surface area (Å²) in [6, 6.07) is 0. The second kappa shape index (κ2) is 6.65. The fourth-order valence-electron chi connectivity index (χ4n) is 0.634. The third kappa shape index (κ3) is 5.67. The van der Waals surface area contributed by atoms with E-state index in [0.717, 1.165) is 19.3 Å². The summed E-state index contributed by atoms with van der Waals surface area (Å²) in [5.41, 5.74) is 0. The molecule has 0 saturated heterocycles. The zero-order valence-electron chi connectivity index (χ0n) is 6.63. The molecule has 0 heterocycles. The van der Waals surface area contributed by atoms with Crippen LogP contribution in [0.4, 0.5) is 0 Å². The van der Waals surface area contributed by atoms with Gasteiger partial charge in [0, 0.05) is 8.41 Å². The molecule has 0 rings (SSSR count). The first-order chi connectivity index (χ1) is 4.18. The molecular weight excluding hydrogens is 127 g/mol. The lowest BCUT2D eigenvalue weighted by molar-refractivity contribution is -0.141. The molecule has 0 fully saturated rings. The van der Waals surface area contributed by atoms with Gasteiger partial charge in [-0.25, -0.2) is 0 Å². The van der Waals surface area contributed by atoms with Crippen molar-refractivity contribution in [3.8, 4) is 0 Å². The van der Waals surface area contributed by atoms with Crippen molar-refractivity contribution in [3.05, 3.63) is 0 Å². The third-order valence-corrected chi connectivity index (χ3v) is 1.41. The lowest BCUT2D eigenvalue weighted by Gasteiger charge is -2.02. The molecule has 1 atom stereocenters. The summed E-state index contributed by atoms with van der Waals surface area (Å²) in [6.45, 7) is 3.81. The largest absolute Gasteiger partial charge is 0.481 e. The van der Waals surface area contributed by atoms with Gasteiger partial charge < -0.3 is 5.11 Å². The number of carboxylic acids is 1. The van der Waals surface area contributed by atoms with E-state index in [-0.39, 0.29) is 14.3 Å². The van der Waals surface area contributed by atoms with E-state index < -0.39 is 5.97 Å². The number of rotatable bonds is 4. The summed E-state index contributed by atoms with van der Waals surface area (Å²) >= 11 is 0. The Morgan fingerprint density at radius 1 is 1.60 bits per heavy atom. The molecular formula is C7H14BO2. The smallest absolute Gasteiger partial charge is 0.306 e. The highest BCUT2D eigenvalue weighted by molar-refractivity contribution is 5.75. The Bertz CT molecular complexity index is 93.6. The molecule has 10 heavy (non-hydrogen) atoms. The van der Waals surface area contributed by atoms with Crippen molar-refractivity contribution in [2.45, 2.75) is 33.1 Å². The molecule has 0 aromatic heterocycles. The summed E-state index contributed by atoms with van der Waals surface area (Å²) in [5.74, 6) is -0.839. The molecule has 3 heteroatoms. The lowest BCUT2D eigenvalue weighted by atomic mass is 10.1. The van der Waals surface area contributed by atoms with Gasteiger partial charge in [0.2, 0.25) is 0 Å². The zero-order valence-corrected chi connectivity index (χ0v) is 6.63. The van der Waals surface area contributed by atoms with E-state index in [1.807, 2.05) is 0 Å². The molecule has 0 bridgehead atoms. The van der Waals surface area contributed by atoms with Crippen molar-refractivity contribution in [2.75, 3.05) is 0 Å². The van der Waals surface area contributed by atoms with E-state index in [0.29, 0.717) is 0 Å².